The number of para-hydroxylation sites is 2. The Kier molecular flexibility index (Phi) is 6.94. The molecule has 9 nitrogen and oxygen atoms in total. The Morgan fingerprint density at radius 1 is 0.872 bits per heavy atom. The number of piperazine rings is 1. The van der Waals surface area contributed by atoms with Gasteiger partial charge in [-0.3, -0.25) is 4.79 Å². The largest absolute Gasteiger partial charge is 0.495 e. The van der Waals surface area contributed by atoms with E-state index in [1.165, 1.54) is 20.3 Å². The van der Waals surface area contributed by atoms with Crippen molar-refractivity contribution in [2.24, 2.45) is 0 Å². The topological polar surface area (TPSA) is 81.4 Å². The molecule has 2 aromatic carbocycles. The van der Waals surface area contributed by atoms with Gasteiger partial charge in [-0.2, -0.15) is 18.3 Å². The summed E-state index contributed by atoms with van der Waals surface area (Å²) in [6.07, 6.45) is -3.59. The first-order valence-corrected chi connectivity index (χ1v) is 12.1. The van der Waals surface area contributed by atoms with Gasteiger partial charge in [0, 0.05) is 31.7 Å². The molecule has 0 saturated carbocycles. The first-order valence-electron chi connectivity index (χ1n) is 12.1. The van der Waals surface area contributed by atoms with Crippen LogP contribution in [0.25, 0.3) is 16.9 Å². The number of rotatable bonds is 6. The lowest BCUT2D eigenvalue weighted by molar-refractivity contribution is -0.142. The third kappa shape index (κ3) is 4.89. The Labute approximate surface area is 222 Å². The van der Waals surface area contributed by atoms with E-state index in [2.05, 4.69) is 15.0 Å². The molecule has 0 unspecified atom stereocenters. The van der Waals surface area contributed by atoms with Crippen molar-refractivity contribution in [3.63, 3.8) is 0 Å². The summed E-state index contributed by atoms with van der Waals surface area (Å²) in [6.45, 7) is 1.80. The molecule has 0 aliphatic carbocycles. The number of fused-ring (bicyclic) bond motifs is 1. The van der Waals surface area contributed by atoms with E-state index in [4.69, 9.17) is 14.2 Å². The zero-order valence-electron chi connectivity index (χ0n) is 21.5. The van der Waals surface area contributed by atoms with Gasteiger partial charge in [-0.15, -0.1) is 0 Å². The van der Waals surface area contributed by atoms with E-state index in [1.54, 1.807) is 24.1 Å². The minimum absolute atomic E-state index is 0.00596. The van der Waals surface area contributed by atoms with Crippen molar-refractivity contribution in [2.75, 3.05) is 52.4 Å². The van der Waals surface area contributed by atoms with E-state index in [0.717, 1.165) is 23.7 Å². The van der Waals surface area contributed by atoms with E-state index >= 15 is 0 Å². The van der Waals surface area contributed by atoms with Crippen LogP contribution < -0.4 is 19.1 Å². The van der Waals surface area contributed by atoms with Crippen LogP contribution in [0.15, 0.2) is 54.7 Å². The SMILES string of the molecule is COc1ccc(-c2cc(C(F)(F)F)n3ncc(C(=O)N4CCN(c5ccccc5OC)CC4)c3n2)cc1OC. The first-order chi connectivity index (χ1) is 18.7. The number of ether oxygens (including phenoxy) is 3. The average Bonchev–Trinajstić information content (AvgIpc) is 3.39. The van der Waals surface area contributed by atoms with E-state index in [1.807, 2.05) is 24.3 Å². The van der Waals surface area contributed by atoms with E-state index < -0.39 is 17.8 Å². The molecule has 4 aromatic rings. The highest BCUT2D eigenvalue weighted by atomic mass is 19.4. The summed E-state index contributed by atoms with van der Waals surface area (Å²) in [7, 11) is 4.49. The van der Waals surface area contributed by atoms with Gasteiger partial charge in [-0.1, -0.05) is 12.1 Å². The quantitative estimate of drug-likeness (QED) is 0.358. The highest BCUT2D eigenvalue weighted by Crippen LogP contribution is 2.36. The van der Waals surface area contributed by atoms with Crippen molar-refractivity contribution in [1.82, 2.24) is 19.5 Å². The normalized spacial score (nSPS) is 14.0. The lowest BCUT2D eigenvalue weighted by atomic mass is 10.1. The van der Waals surface area contributed by atoms with Crippen LogP contribution in [-0.4, -0.2) is 72.9 Å². The molecule has 1 saturated heterocycles. The number of carbonyl (C=O) groups is 1. The van der Waals surface area contributed by atoms with Gasteiger partial charge in [0.05, 0.1) is 38.9 Å². The smallest absolute Gasteiger partial charge is 0.433 e. The zero-order valence-corrected chi connectivity index (χ0v) is 21.5. The minimum Gasteiger partial charge on any atom is -0.495 e. The Bertz CT molecular complexity index is 1510. The molecule has 0 N–H and O–H groups in total. The summed E-state index contributed by atoms with van der Waals surface area (Å²) >= 11 is 0. The van der Waals surface area contributed by atoms with E-state index in [9.17, 15) is 18.0 Å². The standard InChI is InChI=1S/C27H26F3N5O4/c1-37-21-7-5-4-6-20(21)33-10-12-34(13-11-33)26(36)18-16-31-35-24(27(28,29)30)15-19(32-25(18)35)17-8-9-22(38-2)23(14-17)39-3/h4-9,14-16H,10-13H2,1-3H3. The van der Waals surface area contributed by atoms with Crippen molar-refractivity contribution in [3.8, 4) is 28.5 Å². The summed E-state index contributed by atoms with van der Waals surface area (Å²) < 4.78 is 58.8. The lowest BCUT2D eigenvalue weighted by Crippen LogP contribution is -2.48. The second kappa shape index (κ2) is 10.4. The molecule has 0 radical (unpaired) electrons. The number of halogens is 3. The van der Waals surface area contributed by atoms with Crippen LogP contribution in [0.1, 0.15) is 16.1 Å². The molecule has 3 heterocycles. The summed E-state index contributed by atoms with van der Waals surface area (Å²) in [4.78, 5) is 21.6. The monoisotopic (exact) mass is 541 g/mol. The van der Waals surface area contributed by atoms with E-state index in [0.29, 0.717) is 47.8 Å². The maximum atomic E-state index is 14.1. The Hall–Kier alpha value is -4.48. The molecule has 1 amide bonds. The van der Waals surface area contributed by atoms with Gasteiger partial charge in [-0.05, 0) is 36.4 Å². The second-order valence-corrected chi connectivity index (χ2v) is 8.84. The zero-order chi connectivity index (χ0) is 27.7. The van der Waals surface area contributed by atoms with Crippen molar-refractivity contribution < 1.29 is 32.2 Å². The van der Waals surface area contributed by atoms with Gasteiger partial charge in [0.25, 0.3) is 5.91 Å². The van der Waals surface area contributed by atoms with Gasteiger partial charge in [0.2, 0.25) is 0 Å². The molecular formula is C27H26F3N5O4. The average molecular weight is 542 g/mol. The van der Waals surface area contributed by atoms with Crippen LogP contribution in [0.3, 0.4) is 0 Å². The predicted octanol–water partition coefficient (Wildman–Crippen LogP) is 4.40. The molecule has 1 aliphatic heterocycles. The fourth-order valence-corrected chi connectivity index (χ4v) is 4.67. The molecule has 2 aromatic heterocycles. The van der Waals surface area contributed by atoms with Gasteiger partial charge in [-0.25, -0.2) is 9.50 Å². The Balaban J connectivity index is 1.48. The number of aromatic nitrogens is 3. The first kappa shape index (κ1) is 26.1. The van der Waals surface area contributed by atoms with Gasteiger partial charge < -0.3 is 24.0 Å². The number of nitrogens with zero attached hydrogens (tertiary/aromatic N) is 5. The Morgan fingerprint density at radius 3 is 2.23 bits per heavy atom. The summed E-state index contributed by atoms with van der Waals surface area (Å²) in [5, 5.41) is 3.90. The highest BCUT2D eigenvalue weighted by molar-refractivity contribution is 6.00. The van der Waals surface area contributed by atoms with Crippen molar-refractivity contribution in [1.29, 1.82) is 0 Å². The van der Waals surface area contributed by atoms with Crippen molar-refractivity contribution in [3.05, 3.63) is 66.0 Å². The number of anilines is 1. The maximum Gasteiger partial charge on any atom is 0.433 e. The molecule has 39 heavy (non-hydrogen) atoms. The molecular weight excluding hydrogens is 515 g/mol. The van der Waals surface area contributed by atoms with Crippen molar-refractivity contribution in [2.45, 2.75) is 6.18 Å². The second-order valence-electron chi connectivity index (χ2n) is 8.84. The molecule has 204 valence electrons. The number of benzene rings is 2. The number of carbonyl (C=O) groups excluding carboxylic acids is 1. The third-order valence-electron chi connectivity index (χ3n) is 6.66. The summed E-state index contributed by atoms with van der Waals surface area (Å²) in [6, 6.07) is 13.2. The number of alkyl halides is 3. The minimum atomic E-state index is -4.74. The van der Waals surface area contributed by atoms with Gasteiger partial charge in [0.15, 0.2) is 22.8 Å². The third-order valence-corrected chi connectivity index (χ3v) is 6.66. The molecule has 0 atom stereocenters. The fraction of sp³-hybridized carbons (Fsp3) is 0.296. The molecule has 0 bridgehead atoms. The van der Waals surface area contributed by atoms with Crippen LogP contribution in [0.2, 0.25) is 0 Å². The van der Waals surface area contributed by atoms with Crippen LogP contribution in [0, 0.1) is 0 Å². The molecule has 1 aliphatic rings. The molecule has 1 fully saturated rings. The fourth-order valence-electron chi connectivity index (χ4n) is 4.67. The number of hydrogen-bond donors (Lipinski definition) is 0. The summed E-state index contributed by atoms with van der Waals surface area (Å²) in [5.74, 6) is 1.05. The van der Waals surface area contributed by atoms with E-state index in [-0.39, 0.29) is 16.9 Å². The van der Waals surface area contributed by atoms with Crippen LogP contribution >= 0.6 is 0 Å². The number of hydrogen-bond acceptors (Lipinski definition) is 7. The lowest BCUT2D eigenvalue weighted by Gasteiger charge is -2.36. The van der Waals surface area contributed by atoms with Gasteiger partial charge >= 0.3 is 6.18 Å². The van der Waals surface area contributed by atoms with Crippen LogP contribution in [0.5, 0.6) is 17.2 Å². The number of amides is 1. The molecule has 12 heteroatoms. The van der Waals surface area contributed by atoms with Gasteiger partial charge in [0.1, 0.15) is 11.3 Å². The maximum absolute atomic E-state index is 14.1. The number of methoxy groups -OCH3 is 3. The van der Waals surface area contributed by atoms with Crippen LogP contribution in [0.4, 0.5) is 18.9 Å². The van der Waals surface area contributed by atoms with Crippen LogP contribution in [-0.2, 0) is 6.18 Å². The summed E-state index contributed by atoms with van der Waals surface area (Å²) in [5.41, 5.74) is 0.0776. The molecule has 5 rings (SSSR count). The predicted molar refractivity (Wildman–Crippen MR) is 138 cm³/mol. The highest BCUT2D eigenvalue weighted by Gasteiger charge is 2.36. The van der Waals surface area contributed by atoms with Crippen molar-refractivity contribution >= 4 is 17.2 Å². The molecule has 0 spiro atoms. The Morgan fingerprint density at radius 2 is 1.56 bits per heavy atom.